The first-order chi connectivity index (χ1) is 7.74. The molecular formula is C11H18N4O. The number of H-pyrrole nitrogens is 1. The largest absolute Gasteiger partial charge is 0.366 e. The second kappa shape index (κ2) is 5.14. The van der Waals surface area contributed by atoms with Crippen LogP contribution in [0.3, 0.4) is 0 Å². The van der Waals surface area contributed by atoms with Gasteiger partial charge in [-0.05, 0) is 13.1 Å². The number of aromatic amines is 1. The number of carbonyl (C=O) groups is 1. The lowest BCUT2D eigenvalue weighted by molar-refractivity contribution is -0.116. The van der Waals surface area contributed by atoms with Crippen LogP contribution < -0.4 is 10.6 Å². The highest BCUT2D eigenvalue weighted by atomic mass is 16.1. The standard InChI is InChI=1S/C11H18N4O/c1-15-5-4-13-10(8-15)6-11(16)14-9-2-3-12-7-9/h2-3,7,10,12-13H,4-6,8H2,1H3,(H,14,16). The Balaban J connectivity index is 1.78. The molecule has 0 bridgehead atoms. The average Bonchev–Trinajstić information content (AvgIpc) is 2.70. The number of hydrogen-bond acceptors (Lipinski definition) is 3. The van der Waals surface area contributed by atoms with Crippen molar-refractivity contribution >= 4 is 11.6 Å². The Morgan fingerprint density at radius 1 is 1.69 bits per heavy atom. The van der Waals surface area contributed by atoms with Gasteiger partial charge >= 0.3 is 0 Å². The van der Waals surface area contributed by atoms with Gasteiger partial charge in [0, 0.05) is 44.5 Å². The van der Waals surface area contributed by atoms with Gasteiger partial charge in [-0.15, -0.1) is 0 Å². The minimum atomic E-state index is 0.0624. The van der Waals surface area contributed by atoms with Gasteiger partial charge in [-0.3, -0.25) is 4.79 Å². The molecule has 1 amide bonds. The molecule has 88 valence electrons. The van der Waals surface area contributed by atoms with E-state index in [-0.39, 0.29) is 11.9 Å². The summed E-state index contributed by atoms with van der Waals surface area (Å²) in [5.74, 6) is 0.0624. The molecule has 2 rings (SSSR count). The number of carbonyl (C=O) groups excluding carboxylic acids is 1. The van der Waals surface area contributed by atoms with Crippen LogP contribution >= 0.6 is 0 Å². The molecule has 0 radical (unpaired) electrons. The summed E-state index contributed by atoms with van der Waals surface area (Å²) in [6.07, 6.45) is 4.09. The van der Waals surface area contributed by atoms with Crippen LogP contribution in [0.25, 0.3) is 0 Å². The quantitative estimate of drug-likeness (QED) is 0.687. The predicted molar refractivity (Wildman–Crippen MR) is 63.3 cm³/mol. The molecule has 1 aliphatic heterocycles. The molecule has 1 aromatic heterocycles. The highest BCUT2D eigenvalue weighted by molar-refractivity contribution is 5.90. The summed E-state index contributed by atoms with van der Waals surface area (Å²) in [6, 6.07) is 2.11. The average molecular weight is 222 g/mol. The number of nitrogens with one attached hydrogen (secondary N) is 3. The van der Waals surface area contributed by atoms with E-state index in [2.05, 4.69) is 27.6 Å². The minimum absolute atomic E-state index is 0.0624. The second-order valence-electron chi connectivity index (χ2n) is 4.27. The first kappa shape index (κ1) is 11.2. The molecule has 1 unspecified atom stereocenters. The maximum atomic E-state index is 11.7. The van der Waals surface area contributed by atoms with Gasteiger partial charge < -0.3 is 20.5 Å². The minimum Gasteiger partial charge on any atom is -0.366 e. The van der Waals surface area contributed by atoms with Crippen molar-refractivity contribution in [1.29, 1.82) is 0 Å². The summed E-state index contributed by atoms with van der Waals surface area (Å²) < 4.78 is 0. The van der Waals surface area contributed by atoms with Crippen molar-refractivity contribution in [2.75, 3.05) is 32.0 Å². The maximum absolute atomic E-state index is 11.7. The lowest BCUT2D eigenvalue weighted by Gasteiger charge is -2.30. The first-order valence-corrected chi connectivity index (χ1v) is 5.58. The summed E-state index contributed by atoms with van der Waals surface area (Å²) >= 11 is 0. The molecule has 1 fully saturated rings. The van der Waals surface area contributed by atoms with E-state index in [9.17, 15) is 4.79 Å². The third-order valence-corrected chi connectivity index (χ3v) is 2.77. The topological polar surface area (TPSA) is 60.2 Å². The van der Waals surface area contributed by atoms with Crippen LogP contribution in [0.15, 0.2) is 18.5 Å². The van der Waals surface area contributed by atoms with Gasteiger partial charge in [0.2, 0.25) is 5.91 Å². The molecule has 0 aliphatic carbocycles. The zero-order valence-corrected chi connectivity index (χ0v) is 9.49. The summed E-state index contributed by atoms with van der Waals surface area (Å²) in [5.41, 5.74) is 0.828. The number of amides is 1. The number of likely N-dealkylation sites (N-methyl/N-ethyl adjacent to an activating group) is 1. The number of hydrogen-bond donors (Lipinski definition) is 3. The molecule has 3 N–H and O–H groups in total. The monoisotopic (exact) mass is 222 g/mol. The van der Waals surface area contributed by atoms with Crippen molar-refractivity contribution in [2.45, 2.75) is 12.5 Å². The van der Waals surface area contributed by atoms with E-state index >= 15 is 0 Å². The molecule has 5 heteroatoms. The highest BCUT2D eigenvalue weighted by Crippen LogP contribution is 2.06. The smallest absolute Gasteiger partial charge is 0.226 e. The fraction of sp³-hybridized carbons (Fsp3) is 0.545. The van der Waals surface area contributed by atoms with Crippen molar-refractivity contribution in [3.8, 4) is 0 Å². The molecule has 5 nitrogen and oxygen atoms in total. The number of nitrogens with zero attached hydrogens (tertiary/aromatic N) is 1. The summed E-state index contributed by atoms with van der Waals surface area (Å²) in [7, 11) is 2.08. The van der Waals surface area contributed by atoms with Gasteiger partial charge in [-0.25, -0.2) is 0 Å². The molecule has 0 spiro atoms. The van der Waals surface area contributed by atoms with E-state index in [1.807, 2.05) is 6.07 Å². The van der Waals surface area contributed by atoms with Crippen LogP contribution in [0.4, 0.5) is 5.69 Å². The van der Waals surface area contributed by atoms with Crippen LogP contribution in [-0.4, -0.2) is 48.5 Å². The van der Waals surface area contributed by atoms with Crippen molar-refractivity contribution in [1.82, 2.24) is 15.2 Å². The lowest BCUT2D eigenvalue weighted by atomic mass is 10.1. The van der Waals surface area contributed by atoms with Gasteiger partial charge in [0.15, 0.2) is 0 Å². The van der Waals surface area contributed by atoms with Crippen molar-refractivity contribution < 1.29 is 4.79 Å². The molecule has 1 aliphatic rings. The first-order valence-electron chi connectivity index (χ1n) is 5.58. The third-order valence-electron chi connectivity index (χ3n) is 2.77. The van der Waals surface area contributed by atoms with Gasteiger partial charge in [0.05, 0.1) is 5.69 Å². The second-order valence-corrected chi connectivity index (χ2v) is 4.27. The molecule has 1 aromatic rings. The van der Waals surface area contributed by atoms with Crippen LogP contribution in [0.1, 0.15) is 6.42 Å². The molecule has 0 saturated carbocycles. The maximum Gasteiger partial charge on any atom is 0.226 e. The fourth-order valence-electron chi connectivity index (χ4n) is 1.97. The lowest BCUT2D eigenvalue weighted by Crippen LogP contribution is -2.50. The normalized spacial score (nSPS) is 21.9. The van der Waals surface area contributed by atoms with Crippen LogP contribution in [0, 0.1) is 0 Å². The Morgan fingerprint density at radius 3 is 3.25 bits per heavy atom. The van der Waals surface area contributed by atoms with Crippen molar-refractivity contribution in [3.63, 3.8) is 0 Å². The fourth-order valence-corrected chi connectivity index (χ4v) is 1.97. The van der Waals surface area contributed by atoms with Gasteiger partial charge in [0.1, 0.15) is 0 Å². The van der Waals surface area contributed by atoms with Crippen LogP contribution in [0.5, 0.6) is 0 Å². The van der Waals surface area contributed by atoms with Crippen LogP contribution in [-0.2, 0) is 4.79 Å². The number of anilines is 1. The SMILES string of the molecule is CN1CCNC(CC(=O)Nc2cc[nH]c2)C1. The molecule has 2 heterocycles. The molecule has 1 saturated heterocycles. The van der Waals surface area contributed by atoms with E-state index < -0.39 is 0 Å². The predicted octanol–water partition coefficient (Wildman–Crippen LogP) is 0.247. The zero-order valence-electron chi connectivity index (χ0n) is 9.49. The van der Waals surface area contributed by atoms with Gasteiger partial charge in [-0.1, -0.05) is 0 Å². The van der Waals surface area contributed by atoms with E-state index in [1.54, 1.807) is 12.4 Å². The highest BCUT2D eigenvalue weighted by Gasteiger charge is 2.19. The van der Waals surface area contributed by atoms with Gasteiger partial charge in [-0.2, -0.15) is 0 Å². The molecule has 0 aromatic carbocycles. The molecule has 16 heavy (non-hydrogen) atoms. The Morgan fingerprint density at radius 2 is 2.56 bits per heavy atom. The number of piperazine rings is 1. The van der Waals surface area contributed by atoms with Crippen LogP contribution in [0.2, 0.25) is 0 Å². The Bertz CT molecular complexity index is 336. The zero-order chi connectivity index (χ0) is 11.4. The summed E-state index contributed by atoms with van der Waals surface area (Å²) in [4.78, 5) is 16.8. The Kier molecular flexibility index (Phi) is 3.58. The third kappa shape index (κ3) is 3.08. The Labute approximate surface area is 95.2 Å². The molecular weight excluding hydrogens is 204 g/mol. The summed E-state index contributed by atoms with van der Waals surface area (Å²) in [5, 5.41) is 6.21. The van der Waals surface area contributed by atoms with Crippen molar-refractivity contribution in [2.24, 2.45) is 0 Å². The van der Waals surface area contributed by atoms with E-state index in [0.717, 1.165) is 25.3 Å². The van der Waals surface area contributed by atoms with E-state index in [1.165, 1.54) is 0 Å². The van der Waals surface area contributed by atoms with E-state index in [0.29, 0.717) is 6.42 Å². The number of aromatic nitrogens is 1. The summed E-state index contributed by atoms with van der Waals surface area (Å²) in [6.45, 7) is 2.94. The van der Waals surface area contributed by atoms with E-state index in [4.69, 9.17) is 0 Å². The molecule has 1 atom stereocenters. The Hall–Kier alpha value is -1.33. The van der Waals surface area contributed by atoms with Gasteiger partial charge in [0.25, 0.3) is 0 Å². The number of rotatable bonds is 3. The van der Waals surface area contributed by atoms with Crippen molar-refractivity contribution in [3.05, 3.63) is 18.5 Å².